The zero-order chi connectivity index (χ0) is 12.1. The Labute approximate surface area is 103 Å². The first kappa shape index (κ1) is 12.4. The summed E-state index contributed by atoms with van der Waals surface area (Å²) in [5.74, 6) is 0.821. The first-order valence-electron chi connectivity index (χ1n) is 6.68. The van der Waals surface area contributed by atoms with Crippen molar-refractivity contribution in [3.63, 3.8) is 0 Å². The van der Waals surface area contributed by atoms with Gasteiger partial charge in [0.25, 0.3) is 0 Å². The van der Waals surface area contributed by atoms with Crippen molar-refractivity contribution in [2.75, 3.05) is 19.6 Å². The lowest BCUT2D eigenvalue weighted by atomic mass is 9.94. The quantitative estimate of drug-likeness (QED) is 0.781. The Morgan fingerprint density at radius 2 is 2.00 bits per heavy atom. The maximum Gasteiger partial charge on any atom is 0.223 e. The molecule has 2 fully saturated rings. The third-order valence-electron chi connectivity index (χ3n) is 3.69. The van der Waals surface area contributed by atoms with Gasteiger partial charge in [0.05, 0.1) is 12.5 Å². The number of carbonyl (C=O) groups excluding carboxylic acids is 1. The van der Waals surface area contributed by atoms with E-state index in [0.717, 1.165) is 38.8 Å². The summed E-state index contributed by atoms with van der Waals surface area (Å²) in [7, 11) is 0. The first-order valence-corrected chi connectivity index (χ1v) is 6.68. The number of piperidine rings is 1. The maximum atomic E-state index is 12.2. The number of carbonyl (C=O) groups is 1. The van der Waals surface area contributed by atoms with Gasteiger partial charge < -0.3 is 10.2 Å². The van der Waals surface area contributed by atoms with E-state index in [1.54, 1.807) is 0 Å². The summed E-state index contributed by atoms with van der Waals surface area (Å²) < 4.78 is 0. The second kappa shape index (κ2) is 6.02. The van der Waals surface area contributed by atoms with Gasteiger partial charge in [0, 0.05) is 19.0 Å². The van der Waals surface area contributed by atoms with Crippen molar-refractivity contribution in [3.05, 3.63) is 0 Å². The topological polar surface area (TPSA) is 56.1 Å². The standard InChI is InChI=1S/C13H21N3O/c14-6-1-9-16(12-2-3-12)13(17)10-11-4-7-15-8-5-11/h11-12,15H,1-5,7-10H2. The predicted molar refractivity (Wildman–Crippen MR) is 65.2 cm³/mol. The van der Waals surface area contributed by atoms with Crippen LogP contribution in [0.2, 0.25) is 0 Å². The number of amides is 1. The highest BCUT2D eigenvalue weighted by Gasteiger charge is 2.33. The van der Waals surface area contributed by atoms with Crippen LogP contribution in [0.5, 0.6) is 0 Å². The molecule has 1 saturated carbocycles. The fourth-order valence-corrected chi connectivity index (χ4v) is 2.52. The fourth-order valence-electron chi connectivity index (χ4n) is 2.52. The zero-order valence-electron chi connectivity index (χ0n) is 10.3. The molecule has 0 spiro atoms. The Morgan fingerprint density at radius 3 is 2.59 bits per heavy atom. The van der Waals surface area contributed by atoms with Crippen LogP contribution in [0.1, 0.15) is 38.5 Å². The molecule has 1 N–H and O–H groups in total. The van der Waals surface area contributed by atoms with Gasteiger partial charge >= 0.3 is 0 Å². The summed E-state index contributed by atoms with van der Waals surface area (Å²) >= 11 is 0. The summed E-state index contributed by atoms with van der Waals surface area (Å²) in [4.78, 5) is 14.1. The maximum absolute atomic E-state index is 12.2. The highest BCUT2D eigenvalue weighted by atomic mass is 16.2. The summed E-state index contributed by atoms with van der Waals surface area (Å²) in [6.07, 6.45) is 5.63. The Bertz CT molecular complexity index is 300. The minimum Gasteiger partial charge on any atom is -0.339 e. The number of rotatable bonds is 5. The number of nitrogens with zero attached hydrogens (tertiary/aromatic N) is 2. The third-order valence-corrected chi connectivity index (χ3v) is 3.69. The molecule has 2 rings (SSSR count). The molecule has 1 saturated heterocycles. The molecule has 1 aliphatic carbocycles. The van der Waals surface area contributed by atoms with E-state index >= 15 is 0 Å². The molecule has 1 aliphatic heterocycles. The molecule has 1 amide bonds. The predicted octanol–water partition coefficient (Wildman–Crippen LogP) is 1.28. The first-order chi connectivity index (χ1) is 8.31. The lowest BCUT2D eigenvalue weighted by Crippen LogP contribution is -2.37. The van der Waals surface area contributed by atoms with Gasteiger partial charge in [0.1, 0.15) is 0 Å². The number of nitriles is 1. The average Bonchev–Trinajstić information content (AvgIpc) is 3.15. The molecule has 1 heterocycles. The number of hydrogen-bond donors (Lipinski definition) is 1. The molecule has 17 heavy (non-hydrogen) atoms. The van der Waals surface area contributed by atoms with Crippen LogP contribution >= 0.6 is 0 Å². The largest absolute Gasteiger partial charge is 0.339 e. The molecule has 0 radical (unpaired) electrons. The van der Waals surface area contributed by atoms with E-state index in [1.807, 2.05) is 4.90 Å². The van der Waals surface area contributed by atoms with Crippen LogP contribution in [0.25, 0.3) is 0 Å². The van der Waals surface area contributed by atoms with Crippen molar-refractivity contribution < 1.29 is 4.79 Å². The molecule has 0 unspecified atom stereocenters. The van der Waals surface area contributed by atoms with Crippen LogP contribution in [-0.2, 0) is 4.79 Å². The van der Waals surface area contributed by atoms with Crippen LogP contribution < -0.4 is 5.32 Å². The number of nitrogens with one attached hydrogen (secondary N) is 1. The minimum absolute atomic E-state index is 0.273. The van der Waals surface area contributed by atoms with Crippen LogP contribution in [0.3, 0.4) is 0 Å². The summed E-state index contributed by atoms with van der Waals surface area (Å²) in [6.45, 7) is 2.71. The third kappa shape index (κ3) is 3.71. The molecule has 0 bridgehead atoms. The van der Waals surface area contributed by atoms with Crippen molar-refractivity contribution in [1.82, 2.24) is 10.2 Å². The van der Waals surface area contributed by atoms with Gasteiger partial charge in [-0.3, -0.25) is 4.79 Å². The lowest BCUT2D eigenvalue weighted by molar-refractivity contribution is -0.132. The molecular weight excluding hydrogens is 214 g/mol. The van der Waals surface area contributed by atoms with Gasteiger partial charge in [0.2, 0.25) is 5.91 Å². The van der Waals surface area contributed by atoms with Gasteiger partial charge in [-0.15, -0.1) is 0 Å². The van der Waals surface area contributed by atoms with Gasteiger partial charge in [-0.25, -0.2) is 0 Å². The normalized spacial score (nSPS) is 20.9. The van der Waals surface area contributed by atoms with Crippen LogP contribution in [0.4, 0.5) is 0 Å². The second-order valence-corrected chi connectivity index (χ2v) is 5.12. The van der Waals surface area contributed by atoms with Gasteiger partial charge in [0.15, 0.2) is 0 Å². The van der Waals surface area contributed by atoms with Crippen LogP contribution in [-0.4, -0.2) is 36.5 Å². The van der Waals surface area contributed by atoms with Crippen molar-refractivity contribution in [1.29, 1.82) is 5.26 Å². The smallest absolute Gasteiger partial charge is 0.223 e. The Hall–Kier alpha value is -1.08. The van der Waals surface area contributed by atoms with E-state index in [2.05, 4.69) is 11.4 Å². The van der Waals surface area contributed by atoms with E-state index in [4.69, 9.17) is 5.26 Å². The van der Waals surface area contributed by atoms with Crippen LogP contribution in [0.15, 0.2) is 0 Å². The monoisotopic (exact) mass is 235 g/mol. The van der Waals surface area contributed by atoms with E-state index in [9.17, 15) is 4.79 Å². The summed E-state index contributed by atoms with van der Waals surface area (Å²) in [6, 6.07) is 2.58. The number of hydrogen-bond acceptors (Lipinski definition) is 3. The van der Waals surface area contributed by atoms with E-state index < -0.39 is 0 Å². The van der Waals surface area contributed by atoms with Crippen LogP contribution in [0, 0.1) is 17.2 Å². The van der Waals surface area contributed by atoms with Crippen molar-refractivity contribution in [2.24, 2.45) is 5.92 Å². The molecule has 0 atom stereocenters. The Morgan fingerprint density at radius 1 is 1.29 bits per heavy atom. The van der Waals surface area contributed by atoms with Crippen molar-refractivity contribution in [2.45, 2.75) is 44.6 Å². The van der Waals surface area contributed by atoms with Gasteiger partial charge in [-0.05, 0) is 44.7 Å². The highest BCUT2D eigenvalue weighted by molar-refractivity contribution is 5.77. The Balaban J connectivity index is 1.80. The molecule has 94 valence electrons. The summed E-state index contributed by atoms with van der Waals surface area (Å²) in [5.41, 5.74) is 0. The SMILES string of the molecule is N#CCCN(C(=O)CC1CCNCC1)C1CC1. The van der Waals surface area contributed by atoms with E-state index in [0.29, 0.717) is 31.3 Å². The van der Waals surface area contributed by atoms with Crippen molar-refractivity contribution >= 4 is 5.91 Å². The average molecular weight is 235 g/mol. The molecule has 2 aliphatic rings. The summed E-state index contributed by atoms with van der Waals surface area (Å²) in [5, 5.41) is 11.9. The van der Waals surface area contributed by atoms with Gasteiger partial charge in [-0.1, -0.05) is 0 Å². The van der Waals surface area contributed by atoms with E-state index in [-0.39, 0.29) is 5.91 Å². The Kier molecular flexibility index (Phi) is 4.38. The molecule has 0 aromatic carbocycles. The highest BCUT2D eigenvalue weighted by Crippen LogP contribution is 2.29. The zero-order valence-corrected chi connectivity index (χ0v) is 10.3. The second-order valence-electron chi connectivity index (χ2n) is 5.12. The lowest BCUT2D eigenvalue weighted by Gasteiger charge is -2.26. The van der Waals surface area contributed by atoms with E-state index in [1.165, 1.54) is 0 Å². The molecular formula is C13H21N3O. The minimum atomic E-state index is 0.273. The molecule has 4 heteroatoms. The van der Waals surface area contributed by atoms with Gasteiger partial charge in [-0.2, -0.15) is 5.26 Å². The van der Waals surface area contributed by atoms with Crippen molar-refractivity contribution in [3.8, 4) is 6.07 Å². The molecule has 4 nitrogen and oxygen atoms in total. The molecule has 0 aromatic rings. The molecule has 0 aromatic heterocycles. The fraction of sp³-hybridized carbons (Fsp3) is 0.846.